The van der Waals surface area contributed by atoms with Gasteiger partial charge >= 0.3 is 0 Å². The minimum atomic E-state index is -0.201. The van der Waals surface area contributed by atoms with E-state index in [4.69, 9.17) is 0 Å². The van der Waals surface area contributed by atoms with E-state index in [0.29, 0.717) is 0 Å². The monoisotopic (exact) mass is 286 g/mol. The van der Waals surface area contributed by atoms with Crippen LogP contribution in [0.5, 0.6) is 0 Å². The van der Waals surface area contributed by atoms with E-state index in [-0.39, 0.29) is 17.9 Å². The van der Waals surface area contributed by atoms with E-state index in [0.717, 1.165) is 17.0 Å². The first-order chi connectivity index (χ1) is 9.88. The number of hydrogen-bond donors (Lipinski definition) is 1. The number of benzene rings is 1. The first-order valence-corrected chi connectivity index (χ1v) is 7.34. The number of aryl methyl sites for hydroxylation is 3. The Balaban J connectivity index is 2.18. The van der Waals surface area contributed by atoms with Gasteiger partial charge in [-0.05, 0) is 69.5 Å². The van der Waals surface area contributed by atoms with Crippen LogP contribution in [-0.2, 0) is 0 Å². The highest BCUT2D eigenvalue weighted by Crippen LogP contribution is 2.24. The number of rotatable bonds is 4. The summed E-state index contributed by atoms with van der Waals surface area (Å²) in [5.41, 5.74) is 5.70. The van der Waals surface area contributed by atoms with Crippen LogP contribution in [0.2, 0.25) is 0 Å². The van der Waals surface area contributed by atoms with Crippen LogP contribution >= 0.6 is 0 Å². The smallest absolute Gasteiger partial charge is 0.123 e. The number of nitrogens with one attached hydrogen (secondary N) is 1. The summed E-state index contributed by atoms with van der Waals surface area (Å²) in [5.74, 6) is -0.201. The molecule has 1 heterocycles. The third kappa shape index (κ3) is 3.67. The Bertz CT molecular complexity index is 597. The predicted octanol–water partition coefficient (Wildman–Crippen LogP) is 4.56. The molecule has 1 N–H and O–H groups in total. The largest absolute Gasteiger partial charge is 0.304 e. The van der Waals surface area contributed by atoms with Crippen LogP contribution in [0.15, 0.2) is 30.3 Å². The van der Waals surface area contributed by atoms with Crippen LogP contribution < -0.4 is 5.32 Å². The zero-order valence-corrected chi connectivity index (χ0v) is 13.4. The van der Waals surface area contributed by atoms with E-state index in [1.165, 1.54) is 23.3 Å². The van der Waals surface area contributed by atoms with Gasteiger partial charge in [-0.2, -0.15) is 0 Å². The second-order valence-electron chi connectivity index (χ2n) is 5.74. The summed E-state index contributed by atoms with van der Waals surface area (Å²) in [6, 6.07) is 9.12. The fourth-order valence-electron chi connectivity index (χ4n) is 2.99. The van der Waals surface area contributed by atoms with Gasteiger partial charge in [0, 0.05) is 23.5 Å². The Labute approximate surface area is 126 Å². The van der Waals surface area contributed by atoms with Crippen molar-refractivity contribution in [3.05, 3.63) is 64.2 Å². The average molecular weight is 286 g/mol. The molecule has 0 bridgehead atoms. The molecular formula is C18H23FN2. The highest BCUT2D eigenvalue weighted by Gasteiger charge is 2.16. The van der Waals surface area contributed by atoms with Crippen LogP contribution in [0, 0.1) is 26.6 Å². The van der Waals surface area contributed by atoms with Crippen LogP contribution in [0.25, 0.3) is 0 Å². The summed E-state index contributed by atoms with van der Waals surface area (Å²) in [4.78, 5) is 4.56. The summed E-state index contributed by atoms with van der Waals surface area (Å²) < 4.78 is 13.0. The van der Waals surface area contributed by atoms with E-state index < -0.39 is 0 Å². The van der Waals surface area contributed by atoms with Gasteiger partial charge in [-0.25, -0.2) is 4.39 Å². The van der Waals surface area contributed by atoms with Crippen LogP contribution in [0.1, 0.15) is 54.0 Å². The molecule has 2 aromatic rings. The molecule has 3 heteroatoms. The second-order valence-corrected chi connectivity index (χ2v) is 5.74. The Morgan fingerprint density at radius 1 is 1.00 bits per heavy atom. The first-order valence-electron chi connectivity index (χ1n) is 7.34. The summed E-state index contributed by atoms with van der Waals surface area (Å²) >= 11 is 0. The zero-order valence-electron chi connectivity index (χ0n) is 13.4. The van der Waals surface area contributed by atoms with Crippen LogP contribution in [0.4, 0.5) is 4.39 Å². The van der Waals surface area contributed by atoms with E-state index in [2.05, 4.69) is 44.1 Å². The Kier molecular flexibility index (Phi) is 4.73. The third-order valence-electron chi connectivity index (χ3n) is 3.89. The molecule has 0 spiro atoms. The second kappa shape index (κ2) is 6.35. The number of halogens is 1. The van der Waals surface area contributed by atoms with E-state index in [1.54, 1.807) is 0 Å². The summed E-state index contributed by atoms with van der Waals surface area (Å²) in [7, 11) is 0. The Morgan fingerprint density at radius 2 is 1.62 bits per heavy atom. The minimum absolute atomic E-state index is 0.153. The summed E-state index contributed by atoms with van der Waals surface area (Å²) in [6.45, 7) is 10.4. The SMILES string of the molecule is Cc1cc(C)c(C(C)NC(C)c2ccc(F)cc2)c(C)n1. The quantitative estimate of drug-likeness (QED) is 0.891. The van der Waals surface area contributed by atoms with Gasteiger partial charge in [-0.3, -0.25) is 4.98 Å². The fraction of sp³-hybridized carbons (Fsp3) is 0.389. The predicted molar refractivity (Wildman–Crippen MR) is 84.8 cm³/mol. The van der Waals surface area contributed by atoms with Gasteiger partial charge in [-0.15, -0.1) is 0 Å². The fourth-order valence-corrected chi connectivity index (χ4v) is 2.99. The molecule has 2 unspecified atom stereocenters. The van der Waals surface area contributed by atoms with Crippen molar-refractivity contribution in [2.45, 2.75) is 46.7 Å². The molecule has 1 aromatic carbocycles. The van der Waals surface area contributed by atoms with Crippen molar-refractivity contribution in [2.75, 3.05) is 0 Å². The molecule has 2 nitrogen and oxygen atoms in total. The van der Waals surface area contributed by atoms with Crippen molar-refractivity contribution in [1.82, 2.24) is 10.3 Å². The molecule has 0 amide bonds. The molecule has 0 aliphatic carbocycles. The number of nitrogens with zero attached hydrogens (tertiary/aromatic N) is 1. The van der Waals surface area contributed by atoms with Crippen molar-refractivity contribution in [3.63, 3.8) is 0 Å². The molecule has 1 aromatic heterocycles. The molecule has 112 valence electrons. The van der Waals surface area contributed by atoms with Crippen molar-refractivity contribution < 1.29 is 4.39 Å². The lowest BCUT2D eigenvalue weighted by Gasteiger charge is -2.23. The molecule has 2 rings (SSSR count). The molecule has 0 saturated heterocycles. The van der Waals surface area contributed by atoms with E-state index in [1.807, 2.05) is 19.1 Å². The highest BCUT2D eigenvalue weighted by molar-refractivity contribution is 5.33. The van der Waals surface area contributed by atoms with Gasteiger partial charge in [0.1, 0.15) is 5.82 Å². The molecule has 0 aliphatic heterocycles. The van der Waals surface area contributed by atoms with Crippen LogP contribution in [0.3, 0.4) is 0 Å². The molecule has 0 saturated carbocycles. The lowest BCUT2D eigenvalue weighted by atomic mass is 9.98. The third-order valence-corrected chi connectivity index (χ3v) is 3.89. The molecule has 0 aliphatic rings. The van der Waals surface area contributed by atoms with E-state index in [9.17, 15) is 4.39 Å². The van der Waals surface area contributed by atoms with Crippen LogP contribution in [-0.4, -0.2) is 4.98 Å². The van der Waals surface area contributed by atoms with Gasteiger partial charge in [-0.1, -0.05) is 12.1 Å². The summed E-state index contributed by atoms with van der Waals surface area (Å²) in [6.07, 6.45) is 0. The maximum Gasteiger partial charge on any atom is 0.123 e. The molecule has 0 radical (unpaired) electrons. The van der Waals surface area contributed by atoms with Crippen molar-refractivity contribution in [1.29, 1.82) is 0 Å². The van der Waals surface area contributed by atoms with Gasteiger partial charge in [0.2, 0.25) is 0 Å². The Morgan fingerprint density at radius 3 is 2.19 bits per heavy atom. The van der Waals surface area contributed by atoms with Crippen molar-refractivity contribution >= 4 is 0 Å². The highest BCUT2D eigenvalue weighted by atomic mass is 19.1. The van der Waals surface area contributed by atoms with E-state index >= 15 is 0 Å². The topological polar surface area (TPSA) is 24.9 Å². The molecule has 21 heavy (non-hydrogen) atoms. The normalized spacial score (nSPS) is 14.0. The van der Waals surface area contributed by atoms with Crippen molar-refractivity contribution in [2.24, 2.45) is 0 Å². The molecule has 2 atom stereocenters. The minimum Gasteiger partial charge on any atom is -0.304 e. The lowest BCUT2D eigenvalue weighted by Crippen LogP contribution is -2.24. The maximum absolute atomic E-state index is 13.0. The standard InChI is InChI=1S/C18H23FN2/c1-11-10-12(2)20-14(4)18(11)15(5)21-13(3)16-6-8-17(19)9-7-16/h6-10,13,15,21H,1-5H3. The zero-order chi connectivity index (χ0) is 15.6. The number of pyridine rings is 1. The van der Waals surface area contributed by atoms with Gasteiger partial charge < -0.3 is 5.32 Å². The average Bonchev–Trinajstić information content (AvgIpc) is 2.37. The number of aromatic nitrogens is 1. The van der Waals surface area contributed by atoms with Gasteiger partial charge in [0.15, 0.2) is 0 Å². The number of hydrogen-bond acceptors (Lipinski definition) is 2. The maximum atomic E-state index is 13.0. The molecule has 0 fully saturated rings. The lowest BCUT2D eigenvalue weighted by molar-refractivity contribution is 0.489. The Hall–Kier alpha value is -1.74. The summed E-state index contributed by atoms with van der Waals surface area (Å²) in [5, 5.41) is 3.57. The molecular weight excluding hydrogens is 263 g/mol. The first kappa shape index (κ1) is 15.6. The van der Waals surface area contributed by atoms with Crippen molar-refractivity contribution in [3.8, 4) is 0 Å². The van der Waals surface area contributed by atoms with Gasteiger partial charge in [0.05, 0.1) is 0 Å². The van der Waals surface area contributed by atoms with Gasteiger partial charge in [0.25, 0.3) is 0 Å².